The highest BCUT2D eigenvalue weighted by Crippen LogP contribution is 2.24. The van der Waals surface area contributed by atoms with Gasteiger partial charge in [-0.25, -0.2) is 4.98 Å². The molecule has 0 radical (unpaired) electrons. The zero-order valence-corrected chi connectivity index (χ0v) is 20.9. The van der Waals surface area contributed by atoms with Crippen molar-refractivity contribution < 1.29 is 9.59 Å². The third-order valence-corrected chi connectivity index (χ3v) is 7.73. The molecule has 0 unspecified atom stereocenters. The maximum atomic E-state index is 13.2. The number of benzene rings is 2. The molecule has 2 aliphatic rings. The predicted molar refractivity (Wildman–Crippen MR) is 142 cm³/mol. The third kappa shape index (κ3) is 6.01. The summed E-state index contributed by atoms with van der Waals surface area (Å²) >= 11 is 0. The maximum Gasteiger partial charge on any atom is 0.272 e. The monoisotopic (exact) mass is 481 g/mol. The number of hydrogen-bond donors (Lipinski definition) is 0. The van der Waals surface area contributed by atoms with Gasteiger partial charge in [0.25, 0.3) is 11.8 Å². The van der Waals surface area contributed by atoms with E-state index >= 15 is 0 Å². The minimum absolute atomic E-state index is 0.0654. The Hall–Kier alpha value is -3.47. The van der Waals surface area contributed by atoms with Gasteiger partial charge in [0.05, 0.1) is 0 Å². The van der Waals surface area contributed by atoms with E-state index < -0.39 is 0 Å². The van der Waals surface area contributed by atoms with E-state index in [0.29, 0.717) is 23.2 Å². The molecule has 5 heteroatoms. The van der Waals surface area contributed by atoms with E-state index in [1.807, 2.05) is 21.9 Å². The third-order valence-electron chi connectivity index (χ3n) is 7.73. The van der Waals surface area contributed by atoms with Crippen LogP contribution in [0.25, 0.3) is 0 Å². The molecule has 2 aromatic carbocycles. The van der Waals surface area contributed by atoms with Crippen LogP contribution in [0, 0.1) is 11.8 Å². The molecule has 5 rings (SSSR count). The number of carbonyl (C=O) groups excluding carboxylic acids is 2. The molecule has 0 aliphatic carbocycles. The van der Waals surface area contributed by atoms with Crippen molar-refractivity contribution >= 4 is 11.8 Å². The average molecular weight is 482 g/mol. The van der Waals surface area contributed by atoms with Crippen molar-refractivity contribution in [2.24, 2.45) is 11.8 Å². The molecule has 2 saturated heterocycles. The number of likely N-dealkylation sites (tertiary alicyclic amines) is 2. The minimum atomic E-state index is -0.0654. The molecule has 2 fully saturated rings. The summed E-state index contributed by atoms with van der Waals surface area (Å²) in [6.07, 6.45) is 6.11. The normalized spacial score (nSPS) is 17.2. The predicted octanol–water partition coefficient (Wildman–Crippen LogP) is 5.27. The van der Waals surface area contributed by atoms with Crippen LogP contribution in [0.2, 0.25) is 0 Å². The smallest absolute Gasteiger partial charge is 0.272 e. The highest BCUT2D eigenvalue weighted by atomic mass is 16.2. The summed E-state index contributed by atoms with van der Waals surface area (Å²) in [4.78, 5) is 34.6. The van der Waals surface area contributed by atoms with Crippen molar-refractivity contribution in [3.63, 3.8) is 0 Å². The van der Waals surface area contributed by atoms with Crippen LogP contribution < -0.4 is 0 Å². The van der Waals surface area contributed by atoms with Gasteiger partial charge in [-0.3, -0.25) is 9.59 Å². The molecule has 2 amide bonds. The van der Waals surface area contributed by atoms with Crippen LogP contribution in [0.3, 0.4) is 0 Å². The molecule has 0 bridgehead atoms. The minimum Gasteiger partial charge on any atom is -0.337 e. The van der Waals surface area contributed by atoms with Crippen molar-refractivity contribution in [1.29, 1.82) is 0 Å². The molecule has 3 heterocycles. The van der Waals surface area contributed by atoms with Crippen LogP contribution >= 0.6 is 0 Å². The van der Waals surface area contributed by atoms with E-state index in [0.717, 1.165) is 64.7 Å². The molecule has 1 aromatic heterocycles. The van der Waals surface area contributed by atoms with Gasteiger partial charge in [-0.05, 0) is 73.6 Å². The van der Waals surface area contributed by atoms with Gasteiger partial charge in [-0.15, -0.1) is 0 Å². The number of carbonyl (C=O) groups is 2. The van der Waals surface area contributed by atoms with Crippen molar-refractivity contribution in [2.75, 3.05) is 26.2 Å². The van der Waals surface area contributed by atoms with Gasteiger partial charge in [-0.2, -0.15) is 0 Å². The number of piperidine rings is 2. The highest BCUT2D eigenvalue weighted by Gasteiger charge is 2.27. The van der Waals surface area contributed by atoms with E-state index in [2.05, 4.69) is 53.5 Å². The molecular weight excluding hydrogens is 446 g/mol. The maximum absolute atomic E-state index is 13.2. The number of pyridine rings is 1. The van der Waals surface area contributed by atoms with Gasteiger partial charge in [0, 0.05) is 26.2 Å². The Labute approximate surface area is 214 Å². The van der Waals surface area contributed by atoms with Gasteiger partial charge in [0.1, 0.15) is 11.4 Å². The number of amides is 2. The first-order chi connectivity index (χ1) is 17.7. The van der Waals surface area contributed by atoms with Crippen LogP contribution in [0.5, 0.6) is 0 Å². The molecule has 0 spiro atoms. The summed E-state index contributed by atoms with van der Waals surface area (Å²) in [6.45, 7) is 2.96. The van der Waals surface area contributed by atoms with Gasteiger partial charge in [0.15, 0.2) is 0 Å². The van der Waals surface area contributed by atoms with Gasteiger partial charge >= 0.3 is 0 Å². The molecule has 0 N–H and O–H groups in total. The first-order valence-corrected chi connectivity index (χ1v) is 13.3. The van der Waals surface area contributed by atoms with Gasteiger partial charge in [0.2, 0.25) is 0 Å². The molecule has 3 aromatic rings. The molecule has 0 atom stereocenters. The van der Waals surface area contributed by atoms with Crippen LogP contribution in [0.1, 0.15) is 57.8 Å². The lowest BCUT2D eigenvalue weighted by Gasteiger charge is -2.32. The second-order valence-corrected chi connectivity index (χ2v) is 10.3. The molecular formula is C31H35N3O2. The first kappa shape index (κ1) is 24.2. The lowest BCUT2D eigenvalue weighted by Crippen LogP contribution is -2.40. The van der Waals surface area contributed by atoms with E-state index in [1.54, 1.807) is 18.2 Å². The quantitative estimate of drug-likeness (QED) is 0.482. The lowest BCUT2D eigenvalue weighted by molar-refractivity contribution is 0.0677. The largest absolute Gasteiger partial charge is 0.337 e. The summed E-state index contributed by atoms with van der Waals surface area (Å²) in [5, 5.41) is 0. The molecule has 5 nitrogen and oxygen atoms in total. The van der Waals surface area contributed by atoms with Crippen molar-refractivity contribution in [3.05, 3.63) is 101 Å². The number of aromatic nitrogens is 1. The van der Waals surface area contributed by atoms with Gasteiger partial charge in [-0.1, -0.05) is 66.7 Å². The van der Waals surface area contributed by atoms with Crippen molar-refractivity contribution in [1.82, 2.24) is 14.8 Å². The van der Waals surface area contributed by atoms with Crippen molar-refractivity contribution in [3.8, 4) is 0 Å². The summed E-state index contributed by atoms with van der Waals surface area (Å²) in [6, 6.07) is 26.4. The van der Waals surface area contributed by atoms with E-state index in [-0.39, 0.29) is 11.8 Å². The Morgan fingerprint density at radius 1 is 0.583 bits per heavy atom. The summed E-state index contributed by atoms with van der Waals surface area (Å²) in [5.74, 6) is 1.07. The SMILES string of the molecule is O=C(c1cccc(C(=O)N2CCC(Cc3ccccc3)CC2)n1)N1CCC(Cc2ccccc2)CC1. The molecule has 186 valence electrons. The summed E-state index contributed by atoms with van der Waals surface area (Å²) < 4.78 is 0. The van der Waals surface area contributed by atoms with Crippen molar-refractivity contribution in [2.45, 2.75) is 38.5 Å². The van der Waals surface area contributed by atoms with E-state index in [9.17, 15) is 9.59 Å². The molecule has 2 aliphatic heterocycles. The first-order valence-electron chi connectivity index (χ1n) is 13.3. The number of nitrogens with zero attached hydrogens (tertiary/aromatic N) is 3. The zero-order valence-electron chi connectivity index (χ0n) is 20.9. The average Bonchev–Trinajstić information content (AvgIpc) is 2.94. The van der Waals surface area contributed by atoms with Crippen LogP contribution in [-0.2, 0) is 12.8 Å². The Balaban J connectivity index is 1.13. The second-order valence-electron chi connectivity index (χ2n) is 10.3. The fraction of sp³-hybridized carbons (Fsp3) is 0.387. The Morgan fingerprint density at radius 3 is 1.36 bits per heavy atom. The number of rotatable bonds is 6. The standard InChI is InChI=1S/C31H35N3O2/c35-30(33-18-14-26(15-19-33)22-24-8-3-1-4-9-24)28-12-7-13-29(32-28)31(36)34-20-16-27(17-21-34)23-25-10-5-2-6-11-25/h1-13,26-27H,14-23H2. The molecule has 0 saturated carbocycles. The zero-order chi connectivity index (χ0) is 24.7. The molecule has 36 heavy (non-hydrogen) atoms. The van der Waals surface area contributed by atoms with Crippen LogP contribution in [0.15, 0.2) is 78.9 Å². The lowest BCUT2D eigenvalue weighted by atomic mass is 9.90. The second kappa shape index (κ2) is 11.5. The summed E-state index contributed by atoms with van der Waals surface area (Å²) in [5.41, 5.74) is 3.47. The van der Waals surface area contributed by atoms with Crippen LogP contribution in [0.4, 0.5) is 0 Å². The van der Waals surface area contributed by atoms with E-state index in [4.69, 9.17) is 0 Å². The van der Waals surface area contributed by atoms with Gasteiger partial charge < -0.3 is 9.80 Å². The van der Waals surface area contributed by atoms with Crippen LogP contribution in [-0.4, -0.2) is 52.8 Å². The van der Waals surface area contributed by atoms with E-state index in [1.165, 1.54) is 11.1 Å². The fourth-order valence-electron chi connectivity index (χ4n) is 5.57. The summed E-state index contributed by atoms with van der Waals surface area (Å²) in [7, 11) is 0. The Bertz CT molecular complexity index is 1060. The topological polar surface area (TPSA) is 53.5 Å². The Kier molecular flexibility index (Phi) is 7.75. The number of hydrogen-bond acceptors (Lipinski definition) is 3. The fourth-order valence-corrected chi connectivity index (χ4v) is 5.57. The Morgan fingerprint density at radius 2 is 0.972 bits per heavy atom. The highest BCUT2D eigenvalue weighted by molar-refractivity contribution is 5.96.